The van der Waals surface area contributed by atoms with Crippen LogP contribution in [0.2, 0.25) is 0 Å². The lowest BCUT2D eigenvalue weighted by atomic mass is 10.2. The van der Waals surface area contributed by atoms with Crippen LogP contribution in [-0.2, 0) is 9.53 Å². The van der Waals surface area contributed by atoms with Crippen LogP contribution in [0.5, 0.6) is 0 Å². The molecule has 0 saturated heterocycles. The lowest BCUT2D eigenvalue weighted by Gasteiger charge is -2.12. The summed E-state index contributed by atoms with van der Waals surface area (Å²) in [4.78, 5) is 34.1. The number of para-hydroxylation sites is 2. The third-order valence-corrected chi connectivity index (χ3v) is 3.21. The summed E-state index contributed by atoms with van der Waals surface area (Å²) >= 11 is 3.04. The highest BCUT2D eigenvalue weighted by Gasteiger charge is 2.23. The molecule has 9 heteroatoms. The van der Waals surface area contributed by atoms with Gasteiger partial charge in [0, 0.05) is 6.07 Å². The molecule has 1 amide bonds. The van der Waals surface area contributed by atoms with Gasteiger partial charge >= 0.3 is 5.97 Å². The van der Waals surface area contributed by atoms with Gasteiger partial charge in [-0.1, -0.05) is 12.1 Å². The minimum Gasteiger partial charge on any atom is -0.447 e. The molecule has 8 nitrogen and oxygen atoms in total. The number of nitro groups is 1. The number of esters is 1. The minimum atomic E-state index is -1.16. The van der Waals surface area contributed by atoms with Crippen LogP contribution in [0.25, 0.3) is 0 Å². The van der Waals surface area contributed by atoms with E-state index >= 15 is 0 Å². The van der Waals surface area contributed by atoms with Crippen molar-refractivity contribution in [2.24, 2.45) is 0 Å². The molecular formula is C14H11BrN2O6. The molecular weight excluding hydrogens is 372 g/mol. The zero-order valence-electron chi connectivity index (χ0n) is 11.8. The van der Waals surface area contributed by atoms with E-state index in [1.165, 1.54) is 37.3 Å². The first kappa shape index (κ1) is 16.7. The monoisotopic (exact) mass is 382 g/mol. The highest BCUT2D eigenvalue weighted by atomic mass is 79.9. The van der Waals surface area contributed by atoms with Crippen LogP contribution in [0.4, 0.5) is 11.4 Å². The second kappa shape index (κ2) is 7.05. The number of nitro benzene ring substituents is 1. The summed E-state index contributed by atoms with van der Waals surface area (Å²) in [5.41, 5.74) is -0.236. The largest absolute Gasteiger partial charge is 0.447 e. The number of rotatable bonds is 5. The molecule has 0 saturated carbocycles. The highest BCUT2D eigenvalue weighted by Crippen LogP contribution is 2.23. The maximum absolute atomic E-state index is 12.0. The van der Waals surface area contributed by atoms with E-state index in [-0.39, 0.29) is 17.1 Å². The first-order valence-electron chi connectivity index (χ1n) is 6.39. The Morgan fingerprint density at radius 2 is 2.00 bits per heavy atom. The summed E-state index contributed by atoms with van der Waals surface area (Å²) < 4.78 is 10.3. The second-order valence-corrected chi connectivity index (χ2v) is 5.20. The van der Waals surface area contributed by atoms with E-state index in [0.717, 1.165) is 0 Å². The van der Waals surface area contributed by atoms with E-state index in [9.17, 15) is 19.7 Å². The van der Waals surface area contributed by atoms with E-state index < -0.39 is 22.9 Å². The van der Waals surface area contributed by atoms with E-state index in [2.05, 4.69) is 21.2 Å². The molecule has 2 aromatic rings. The fourth-order valence-electron chi connectivity index (χ4n) is 1.67. The lowest BCUT2D eigenvalue weighted by Crippen LogP contribution is -2.30. The lowest BCUT2D eigenvalue weighted by molar-refractivity contribution is -0.383. The quantitative estimate of drug-likeness (QED) is 0.482. The zero-order chi connectivity index (χ0) is 17.0. The number of ether oxygens (including phenoxy) is 1. The number of nitrogens with one attached hydrogen (secondary N) is 1. The van der Waals surface area contributed by atoms with Crippen LogP contribution < -0.4 is 5.32 Å². The molecule has 0 bridgehead atoms. The van der Waals surface area contributed by atoms with Gasteiger partial charge in [-0.3, -0.25) is 14.9 Å². The summed E-state index contributed by atoms with van der Waals surface area (Å²) in [6, 6.07) is 8.56. The summed E-state index contributed by atoms with van der Waals surface area (Å²) in [6.07, 6.45) is -1.16. The molecule has 2 rings (SSSR count). The van der Waals surface area contributed by atoms with Crippen LogP contribution >= 0.6 is 15.9 Å². The van der Waals surface area contributed by atoms with E-state index in [4.69, 9.17) is 9.15 Å². The number of carbonyl (C=O) groups is 2. The Morgan fingerprint density at radius 3 is 2.61 bits per heavy atom. The molecule has 0 spiro atoms. The molecule has 1 atom stereocenters. The van der Waals surface area contributed by atoms with Crippen LogP contribution in [0.1, 0.15) is 17.5 Å². The Hall–Kier alpha value is -2.68. The molecule has 0 aliphatic heterocycles. The number of anilines is 1. The number of carbonyl (C=O) groups excluding carboxylic acids is 2. The highest BCUT2D eigenvalue weighted by molar-refractivity contribution is 9.10. The molecule has 1 heterocycles. The minimum absolute atomic E-state index is 0.0196. The fourth-order valence-corrected chi connectivity index (χ4v) is 1.98. The Bertz CT molecular complexity index is 757. The normalized spacial score (nSPS) is 11.6. The van der Waals surface area contributed by atoms with Crippen molar-refractivity contribution in [1.29, 1.82) is 0 Å². The van der Waals surface area contributed by atoms with Crippen LogP contribution in [-0.4, -0.2) is 22.9 Å². The predicted molar refractivity (Wildman–Crippen MR) is 83.0 cm³/mol. The Balaban J connectivity index is 2.03. The number of benzene rings is 1. The van der Waals surface area contributed by atoms with Crippen molar-refractivity contribution >= 4 is 39.2 Å². The molecule has 23 heavy (non-hydrogen) atoms. The van der Waals surface area contributed by atoms with Crippen molar-refractivity contribution in [1.82, 2.24) is 0 Å². The standard InChI is InChI=1S/C14H11BrN2O6/c1-8(22-14(19)11-6-7-12(15)23-11)13(18)16-9-4-2-3-5-10(9)17(20)21/h2-8H,1H3,(H,16,18)/t8-/m1/s1. The average Bonchev–Trinajstić information content (AvgIpc) is 2.94. The van der Waals surface area contributed by atoms with Gasteiger partial charge in [0.2, 0.25) is 5.76 Å². The van der Waals surface area contributed by atoms with Crippen LogP contribution in [0.3, 0.4) is 0 Å². The van der Waals surface area contributed by atoms with E-state index in [1.54, 1.807) is 6.07 Å². The van der Waals surface area contributed by atoms with Crippen LogP contribution in [0, 0.1) is 10.1 Å². The number of nitrogens with zero attached hydrogens (tertiary/aromatic N) is 1. The van der Waals surface area contributed by atoms with Gasteiger partial charge in [0.1, 0.15) is 5.69 Å². The van der Waals surface area contributed by atoms with Crippen molar-refractivity contribution in [3.63, 3.8) is 0 Å². The molecule has 0 unspecified atom stereocenters. The van der Waals surface area contributed by atoms with Crippen molar-refractivity contribution < 1.29 is 23.7 Å². The number of hydrogen-bond acceptors (Lipinski definition) is 6. The summed E-state index contributed by atoms with van der Waals surface area (Å²) in [5, 5.41) is 13.2. The number of furan rings is 1. The first-order valence-corrected chi connectivity index (χ1v) is 7.18. The molecule has 0 radical (unpaired) electrons. The Labute approximate surface area is 138 Å². The second-order valence-electron chi connectivity index (χ2n) is 4.41. The molecule has 0 fully saturated rings. The first-order chi connectivity index (χ1) is 10.9. The number of hydrogen-bond donors (Lipinski definition) is 1. The van der Waals surface area contributed by atoms with Crippen molar-refractivity contribution in [3.8, 4) is 0 Å². The van der Waals surface area contributed by atoms with Crippen LogP contribution in [0.15, 0.2) is 45.5 Å². The summed E-state index contributed by atoms with van der Waals surface area (Å²) in [5.74, 6) is -1.58. The van der Waals surface area contributed by atoms with Crippen molar-refractivity contribution in [2.45, 2.75) is 13.0 Å². The molecule has 0 aliphatic carbocycles. The maximum atomic E-state index is 12.0. The van der Waals surface area contributed by atoms with Gasteiger partial charge in [-0.25, -0.2) is 4.79 Å². The van der Waals surface area contributed by atoms with Gasteiger partial charge in [0.15, 0.2) is 10.8 Å². The number of halogens is 1. The Kier molecular flexibility index (Phi) is 5.12. The van der Waals surface area contributed by atoms with Crippen molar-refractivity contribution in [2.75, 3.05) is 5.32 Å². The SMILES string of the molecule is C[C@@H](OC(=O)c1ccc(Br)o1)C(=O)Nc1ccccc1[N+](=O)[O-]. The third-order valence-electron chi connectivity index (χ3n) is 2.79. The fraction of sp³-hybridized carbons (Fsp3) is 0.143. The van der Waals surface area contributed by atoms with Gasteiger partial charge in [0.25, 0.3) is 11.6 Å². The molecule has 1 aromatic carbocycles. The zero-order valence-corrected chi connectivity index (χ0v) is 13.4. The maximum Gasteiger partial charge on any atom is 0.375 e. The topological polar surface area (TPSA) is 112 Å². The van der Waals surface area contributed by atoms with Gasteiger partial charge in [-0.05, 0) is 41.1 Å². The third kappa shape index (κ3) is 4.16. The van der Waals surface area contributed by atoms with Gasteiger partial charge in [0.05, 0.1) is 4.92 Å². The predicted octanol–water partition coefficient (Wildman–Crippen LogP) is 3.13. The van der Waals surface area contributed by atoms with E-state index in [1.807, 2.05) is 0 Å². The smallest absolute Gasteiger partial charge is 0.375 e. The Morgan fingerprint density at radius 1 is 1.30 bits per heavy atom. The molecule has 0 aliphatic rings. The van der Waals surface area contributed by atoms with Gasteiger partial charge in [-0.15, -0.1) is 0 Å². The summed E-state index contributed by atoms with van der Waals surface area (Å²) in [7, 11) is 0. The summed E-state index contributed by atoms with van der Waals surface area (Å²) in [6.45, 7) is 1.35. The average molecular weight is 383 g/mol. The number of amides is 1. The van der Waals surface area contributed by atoms with Gasteiger partial charge in [-0.2, -0.15) is 0 Å². The van der Waals surface area contributed by atoms with Gasteiger partial charge < -0.3 is 14.5 Å². The molecule has 120 valence electrons. The van der Waals surface area contributed by atoms with Crippen molar-refractivity contribution in [3.05, 3.63) is 56.9 Å². The molecule has 1 N–H and O–H groups in total. The molecule has 1 aromatic heterocycles. The van der Waals surface area contributed by atoms with E-state index in [0.29, 0.717) is 4.67 Å².